The van der Waals surface area contributed by atoms with Crippen molar-refractivity contribution in [3.63, 3.8) is 0 Å². The van der Waals surface area contributed by atoms with Gasteiger partial charge in [-0.25, -0.2) is 4.39 Å². The highest BCUT2D eigenvalue weighted by atomic mass is 19.1. The minimum absolute atomic E-state index is 0.221. The third-order valence-corrected chi connectivity index (χ3v) is 4.70. The minimum atomic E-state index is -0.623. The molecule has 1 aromatic carbocycles. The fraction of sp³-hybridized carbons (Fsp3) is 0.625. The summed E-state index contributed by atoms with van der Waals surface area (Å²) in [4.78, 5) is 4.72. The van der Waals surface area contributed by atoms with Crippen LogP contribution < -0.4 is 4.90 Å². The molecule has 1 aromatic rings. The van der Waals surface area contributed by atoms with Crippen LogP contribution in [0, 0.1) is 5.82 Å². The number of rotatable bonds is 2. The molecule has 0 radical (unpaired) electrons. The van der Waals surface area contributed by atoms with Gasteiger partial charge in [-0.1, -0.05) is 6.07 Å². The van der Waals surface area contributed by atoms with Crippen LogP contribution in [0.4, 0.5) is 10.1 Å². The van der Waals surface area contributed by atoms with E-state index >= 15 is 0 Å². The summed E-state index contributed by atoms with van der Waals surface area (Å²) in [5.74, 6) is -0.221. The van der Waals surface area contributed by atoms with E-state index in [-0.39, 0.29) is 5.82 Å². The lowest BCUT2D eigenvalue weighted by atomic mass is 10.0. The van der Waals surface area contributed by atoms with Gasteiger partial charge in [-0.05, 0) is 50.9 Å². The molecule has 0 bridgehead atoms. The van der Waals surface area contributed by atoms with Crippen LogP contribution in [0.1, 0.15) is 38.4 Å². The average Bonchev–Trinajstić information content (AvgIpc) is 2.84. The summed E-state index contributed by atoms with van der Waals surface area (Å²) in [6.07, 6.45) is 1.85. The number of piperazine rings is 1. The first kappa shape index (κ1) is 13.8. The number of benzene rings is 1. The van der Waals surface area contributed by atoms with E-state index in [2.05, 4.69) is 16.7 Å². The number of hydrogen-bond acceptors (Lipinski definition) is 3. The molecule has 0 aromatic heterocycles. The van der Waals surface area contributed by atoms with E-state index in [9.17, 15) is 9.50 Å². The van der Waals surface area contributed by atoms with Gasteiger partial charge in [0.05, 0.1) is 11.8 Å². The Morgan fingerprint density at radius 2 is 2.15 bits per heavy atom. The number of nitrogens with zero attached hydrogens (tertiary/aromatic N) is 2. The molecule has 20 heavy (non-hydrogen) atoms. The molecule has 3 nitrogen and oxygen atoms in total. The molecule has 0 amide bonds. The van der Waals surface area contributed by atoms with E-state index < -0.39 is 6.10 Å². The second-order valence-electron chi connectivity index (χ2n) is 6.18. The Balaban J connectivity index is 1.84. The van der Waals surface area contributed by atoms with Crippen molar-refractivity contribution in [1.29, 1.82) is 0 Å². The van der Waals surface area contributed by atoms with Crippen molar-refractivity contribution in [2.45, 2.75) is 44.9 Å². The molecule has 2 saturated heterocycles. The average molecular weight is 278 g/mol. The highest BCUT2D eigenvalue weighted by Crippen LogP contribution is 2.31. The van der Waals surface area contributed by atoms with Crippen molar-refractivity contribution in [1.82, 2.24) is 4.90 Å². The van der Waals surface area contributed by atoms with Crippen molar-refractivity contribution in [2.75, 3.05) is 24.5 Å². The van der Waals surface area contributed by atoms with Crippen LogP contribution >= 0.6 is 0 Å². The largest absolute Gasteiger partial charge is 0.389 e. The molecule has 3 rings (SSSR count). The number of hydrogen-bond donors (Lipinski definition) is 1. The number of aliphatic hydroxyl groups excluding tert-OH is 1. The Labute approximate surface area is 120 Å². The second-order valence-corrected chi connectivity index (χ2v) is 6.18. The van der Waals surface area contributed by atoms with Gasteiger partial charge >= 0.3 is 0 Å². The maximum Gasteiger partial charge on any atom is 0.146 e. The molecular weight excluding hydrogens is 255 g/mol. The third-order valence-electron chi connectivity index (χ3n) is 4.70. The van der Waals surface area contributed by atoms with Crippen LogP contribution in [0.2, 0.25) is 0 Å². The van der Waals surface area contributed by atoms with E-state index in [0.717, 1.165) is 13.1 Å². The van der Waals surface area contributed by atoms with Gasteiger partial charge < -0.3 is 10.0 Å². The molecule has 1 N–H and O–H groups in total. The predicted octanol–water partition coefficient (Wildman–Crippen LogP) is 2.55. The topological polar surface area (TPSA) is 26.7 Å². The maximum atomic E-state index is 14.3. The highest BCUT2D eigenvalue weighted by Gasteiger charge is 2.35. The Hall–Kier alpha value is -1.13. The Kier molecular flexibility index (Phi) is 3.69. The zero-order chi connectivity index (χ0) is 14.3. The Morgan fingerprint density at radius 3 is 2.85 bits per heavy atom. The van der Waals surface area contributed by atoms with Gasteiger partial charge in [0.25, 0.3) is 0 Å². The second kappa shape index (κ2) is 5.34. The summed E-state index contributed by atoms with van der Waals surface area (Å²) in [5, 5.41) is 9.54. The van der Waals surface area contributed by atoms with Crippen molar-refractivity contribution < 1.29 is 9.50 Å². The summed E-state index contributed by atoms with van der Waals surface area (Å²) < 4.78 is 14.3. The zero-order valence-corrected chi connectivity index (χ0v) is 12.2. The van der Waals surface area contributed by atoms with Crippen LogP contribution in [0.5, 0.6) is 0 Å². The summed E-state index contributed by atoms with van der Waals surface area (Å²) in [6, 6.07) is 6.02. The molecule has 110 valence electrons. The van der Waals surface area contributed by atoms with E-state index in [1.165, 1.54) is 25.5 Å². The summed E-state index contributed by atoms with van der Waals surface area (Å²) in [5.41, 5.74) is 1.31. The Bertz CT molecular complexity index is 491. The van der Waals surface area contributed by atoms with E-state index in [4.69, 9.17) is 0 Å². The van der Waals surface area contributed by atoms with Gasteiger partial charge in [0.15, 0.2) is 0 Å². The van der Waals surface area contributed by atoms with Gasteiger partial charge in [0, 0.05) is 25.2 Å². The highest BCUT2D eigenvalue weighted by molar-refractivity contribution is 5.51. The first-order valence-corrected chi connectivity index (χ1v) is 7.54. The zero-order valence-electron chi connectivity index (χ0n) is 12.2. The van der Waals surface area contributed by atoms with Gasteiger partial charge in [-0.3, -0.25) is 4.90 Å². The molecule has 0 spiro atoms. The number of anilines is 1. The lowest BCUT2D eigenvalue weighted by Crippen LogP contribution is -2.55. The Morgan fingerprint density at radius 1 is 1.35 bits per heavy atom. The minimum Gasteiger partial charge on any atom is -0.389 e. The molecule has 0 aliphatic carbocycles. The molecule has 4 heteroatoms. The predicted molar refractivity (Wildman–Crippen MR) is 78.4 cm³/mol. The molecule has 2 aliphatic heterocycles. The van der Waals surface area contributed by atoms with Crippen LogP contribution in [0.3, 0.4) is 0 Å². The lowest BCUT2D eigenvalue weighted by molar-refractivity contribution is 0.198. The first-order valence-electron chi connectivity index (χ1n) is 7.54. The van der Waals surface area contributed by atoms with Crippen LogP contribution in [0.15, 0.2) is 18.2 Å². The SMILES string of the molecule is CC1CN2CCCC2CN1c1ccc([C@@H](C)O)cc1F. The van der Waals surface area contributed by atoms with Gasteiger partial charge in [0.1, 0.15) is 5.82 Å². The van der Waals surface area contributed by atoms with Crippen LogP contribution in [0.25, 0.3) is 0 Å². The van der Waals surface area contributed by atoms with Gasteiger partial charge in [-0.15, -0.1) is 0 Å². The molecule has 2 heterocycles. The molecule has 2 fully saturated rings. The van der Waals surface area contributed by atoms with Crippen LogP contribution in [-0.2, 0) is 0 Å². The van der Waals surface area contributed by atoms with Gasteiger partial charge in [0.2, 0.25) is 0 Å². The lowest BCUT2D eigenvalue weighted by Gasteiger charge is -2.43. The number of fused-ring (bicyclic) bond motifs is 1. The molecule has 3 atom stereocenters. The quantitative estimate of drug-likeness (QED) is 0.900. The smallest absolute Gasteiger partial charge is 0.146 e. The molecule has 0 saturated carbocycles. The first-order chi connectivity index (χ1) is 9.56. The van der Waals surface area contributed by atoms with Crippen LogP contribution in [-0.4, -0.2) is 41.7 Å². The van der Waals surface area contributed by atoms with E-state index in [1.54, 1.807) is 6.92 Å². The number of aliphatic hydroxyl groups is 1. The molecule has 2 unspecified atom stereocenters. The van der Waals surface area contributed by atoms with E-state index in [0.29, 0.717) is 23.3 Å². The third kappa shape index (κ3) is 2.42. The summed E-state index contributed by atoms with van der Waals surface area (Å²) in [6.45, 7) is 6.94. The van der Waals surface area contributed by atoms with E-state index in [1.807, 2.05) is 12.1 Å². The van der Waals surface area contributed by atoms with Crippen molar-refractivity contribution >= 4 is 5.69 Å². The van der Waals surface area contributed by atoms with Crippen molar-refractivity contribution in [3.05, 3.63) is 29.6 Å². The van der Waals surface area contributed by atoms with Gasteiger partial charge in [-0.2, -0.15) is 0 Å². The fourth-order valence-electron chi connectivity index (χ4n) is 3.54. The van der Waals surface area contributed by atoms with Crippen molar-refractivity contribution in [2.24, 2.45) is 0 Å². The molecular formula is C16H23FN2O. The fourth-order valence-corrected chi connectivity index (χ4v) is 3.54. The normalized spacial score (nSPS) is 28.5. The maximum absolute atomic E-state index is 14.3. The summed E-state index contributed by atoms with van der Waals surface area (Å²) in [7, 11) is 0. The summed E-state index contributed by atoms with van der Waals surface area (Å²) >= 11 is 0. The van der Waals surface area contributed by atoms with Crippen molar-refractivity contribution in [3.8, 4) is 0 Å². The molecule has 2 aliphatic rings. The standard InChI is InChI=1S/C16H23FN2O/c1-11-9-18-7-3-4-14(18)10-19(11)16-6-5-13(12(2)20)8-15(16)17/h5-6,8,11-12,14,20H,3-4,7,9-10H2,1-2H3/t11?,12-,14?/m1/s1. The monoisotopic (exact) mass is 278 g/mol. The number of halogens is 1.